The molecule has 5 heteroatoms. The van der Waals surface area contributed by atoms with Gasteiger partial charge in [-0.1, -0.05) is 24.3 Å². The molecule has 0 atom stereocenters. The smallest absolute Gasteiger partial charge is 0.252 e. The molecule has 0 aliphatic carbocycles. The number of benzene rings is 1. The number of carbonyl (C=O) groups is 1. The van der Waals surface area contributed by atoms with Crippen molar-refractivity contribution in [3.63, 3.8) is 0 Å². The van der Waals surface area contributed by atoms with Crippen molar-refractivity contribution in [1.82, 2.24) is 5.32 Å². The quantitative estimate of drug-likeness (QED) is 0.908. The molecule has 2 rings (SSSR count). The Bertz CT molecular complexity index is 553. The molecule has 0 unspecified atom stereocenters. The number of thiophene rings is 1. The average Bonchev–Trinajstić information content (AvgIpc) is 2.83. The fourth-order valence-electron chi connectivity index (χ4n) is 1.55. The van der Waals surface area contributed by atoms with Crippen LogP contribution in [0.1, 0.15) is 21.5 Å². The van der Waals surface area contributed by atoms with Crippen LogP contribution in [0.2, 0.25) is 0 Å². The van der Waals surface area contributed by atoms with Crippen LogP contribution in [0.3, 0.4) is 0 Å². The molecule has 0 bridgehead atoms. The third-order valence-electron chi connectivity index (χ3n) is 2.46. The molecule has 0 radical (unpaired) electrons. The number of hydrogen-bond donors (Lipinski definition) is 2. The molecule has 0 aliphatic heterocycles. The zero-order valence-corrected chi connectivity index (χ0v) is 11.9. The molecule has 1 amide bonds. The van der Waals surface area contributed by atoms with Crippen molar-refractivity contribution in [2.24, 2.45) is 0 Å². The van der Waals surface area contributed by atoms with Crippen LogP contribution in [0.25, 0.3) is 0 Å². The predicted molar refractivity (Wildman–Crippen MR) is 75.6 cm³/mol. The van der Waals surface area contributed by atoms with E-state index in [9.17, 15) is 4.79 Å². The summed E-state index contributed by atoms with van der Waals surface area (Å²) in [6.07, 6.45) is 0. The summed E-state index contributed by atoms with van der Waals surface area (Å²) in [7, 11) is 0. The van der Waals surface area contributed by atoms with Crippen LogP contribution >= 0.6 is 27.3 Å². The SMILES string of the molecule is O=C(NCc1cccc(CO)c1)c1csc(Br)c1. The first-order valence-corrected chi connectivity index (χ1v) is 7.07. The van der Waals surface area contributed by atoms with Gasteiger partial charge in [0.05, 0.1) is 16.0 Å². The minimum absolute atomic E-state index is 0.0132. The molecular weight excluding hydrogens is 314 g/mol. The second-order valence-corrected chi connectivity index (χ2v) is 6.09. The first kappa shape index (κ1) is 13.3. The maximum atomic E-state index is 11.8. The lowest BCUT2D eigenvalue weighted by atomic mass is 10.1. The van der Waals surface area contributed by atoms with Crippen LogP contribution in [0.5, 0.6) is 0 Å². The molecule has 3 nitrogen and oxygen atoms in total. The molecule has 0 saturated carbocycles. The van der Waals surface area contributed by atoms with E-state index in [0.717, 1.165) is 14.9 Å². The Morgan fingerprint density at radius 1 is 1.33 bits per heavy atom. The van der Waals surface area contributed by atoms with E-state index >= 15 is 0 Å². The molecule has 0 saturated heterocycles. The fourth-order valence-corrected chi connectivity index (χ4v) is 2.69. The number of amides is 1. The highest BCUT2D eigenvalue weighted by molar-refractivity contribution is 9.11. The lowest BCUT2D eigenvalue weighted by Crippen LogP contribution is -2.22. The van der Waals surface area contributed by atoms with Gasteiger partial charge in [-0.25, -0.2) is 0 Å². The number of aliphatic hydroxyl groups excluding tert-OH is 1. The Labute approximate surface area is 118 Å². The standard InChI is InChI=1S/C13H12BrNO2S/c14-12-5-11(8-18-12)13(17)15-6-9-2-1-3-10(4-9)7-16/h1-5,8,16H,6-7H2,(H,15,17). The van der Waals surface area contributed by atoms with Crippen LogP contribution in [0, 0.1) is 0 Å². The van der Waals surface area contributed by atoms with Gasteiger partial charge in [0.1, 0.15) is 0 Å². The normalized spacial score (nSPS) is 10.3. The first-order valence-electron chi connectivity index (χ1n) is 5.40. The number of aliphatic hydroxyl groups is 1. The van der Waals surface area contributed by atoms with Crippen molar-refractivity contribution < 1.29 is 9.90 Å². The van der Waals surface area contributed by atoms with Gasteiger partial charge in [0.15, 0.2) is 0 Å². The molecule has 2 N–H and O–H groups in total. The summed E-state index contributed by atoms with van der Waals surface area (Å²) in [6, 6.07) is 9.31. The Morgan fingerprint density at radius 3 is 2.78 bits per heavy atom. The van der Waals surface area contributed by atoms with E-state index in [1.165, 1.54) is 11.3 Å². The first-order chi connectivity index (χ1) is 8.69. The summed E-state index contributed by atoms with van der Waals surface area (Å²) in [5.74, 6) is -0.0913. The molecule has 94 valence electrons. The van der Waals surface area contributed by atoms with E-state index in [1.54, 1.807) is 6.07 Å². The number of rotatable bonds is 4. The number of halogens is 1. The zero-order valence-electron chi connectivity index (χ0n) is 9.52. The Morgan fingerprint density at radius 2 is 2.11 bits per heavy atom. The molecule has 1 aromatic carbocycles. The fraction of sp³-hybridized carbons (Fsp3) is 0.154. The number of hydrogen-bond acceptors (Lipinski definition) is 3. The predicted octanol–water partition coefficient (Wildman–Crippen LogP) is 2.93. The van der Waals surface area contributed by atoms with Crippen molar-refractivity contribution in [3.8, 4) is 0 Å². The highest BCUT2D eigenvalue weighted by Gasteiger charge is 2.07. The molecular formula is C13H12BrNO2S. The molecule has 18 heavy (non-hydrogen) atoms. The van der Waals surface area contributed by atoms with Gasteiger partial charge in [-0.3, -0.25) is 4.79 Å². The molecule has 0 fully saturated rings. The van der Waals surface area contributed by atoms with Crippen LogP contribution in [0.4, 0.5) is 0 Å². The third kappa shape index (κ3) is 3.41. The summed E-state index contributed by atoms with van der Waals surface area (Å²) in [5, 5.41) is 13.7. The van der Waals surface area contributed by atoms with E-state index in [1.807, 2.05) is 29.6 Å². The topological polar surface area (TPSA) is 49.3 Å². The minimum atomic E-state index is -0.0913. The Kier molecular flexibility index (Phi) is 4.52. The maximum absolute atomic E-state index is 11.8. The monoisotopic (exact) mass is 325 g/mol. The van der Waals surface area contributed by atoms with Gasteiger partial charge in [-0.05, 0) is 33.1 Å². The summed E-state index contributed by atoms with van der Waals surface area (Å²) < 4.78 is 0.940. The van der Waals surface area contributed by atoms with Gasteiger partial charge in [-0.15, -0.1) is 11.3 Å². The molecule has 1 heterocycles. The van der Waals surface area contributed by atoms with Crippen LogP contribution in [-0.4, -0.2) is 11.0 Å². The molecule has 1 aromatic heterocycles. The average molecular weight is 326 g/mol. The van der Waals surface area contributed by atoms with E-state index < -0.39 is 0 Å². The van der Waals surface area contributed by atoms with Gasteiger partial charge in [0.25, 0.3) is 5.91 Å². The third-order valence-corrected chi connectivity index (χ3v) is 3.96. The van der Waals surface area contributed by atoms with Crippen molar-refractivity contribution in [2.75, 3.05) is 0 Å². The summed E-state index contributed by atoms with van der Waals surface area (Å²) in [6.45, 7) is 0.472. The second-order valence-electron chi connectivity index (χ2n) is 3.80. The number of carbonyl (C=O) groups excluding carboxylic acids is 1. The molecule has 2 aromatic rings. The molecule has 0 aliphatic rings. The second kappa shape index (κ2) is 6.13. The van der Waals surface area contributed by atoms with Gasteiger partial charge in [0.2, 0.25) is 0 Å². The van der Waals surface area contributed by atoms with Crippen LogP contribution in [0.15, 0.2) is 39.5 Å². The van der Waals surface area contributed by atoms with Crippen molar-refractivity contribution in [2.45, 2.75) is 13.2 Å². The highest BCUT2D eigenvalue weighted by atomic mass is 79.9. The Hall–Kier alpha value is -1.17. The summed E-state index contributed by atoms with van der Waals surface area (Å²) in [5.41, 5.74) is 2.48. The van der Waals surface area contributed by atoms with E-state index in [2.05, 4.69) is 21.2 Å². The van der Waals surface area contributed by atoms with Gasteiger partial charge in [0, 0.05) is 11.9 Å². The lowest BCUT2D eigenvalue weighted by Gasteiger charge is -2.05. The lowest BCUT2D eigenvalue weighted by molar-refractivity contribution is 0.0951. The zero-order chi connectivity index (χ0) is 13.0. The minimum Gasteiger partial charge on any atom is -0.392 e. The van der Waals surface area contributed by atoms with E-state index in [4.69, 9.17) is 5.11 Å². The van der Waals surface area contributed by atoms with Crippen molar-refractivity contribution in [1.29, 1.82) is 0 Å². The largest absolute Gasteiger partial charge is 0.392 e. The van der Waals surface area contributed by atoms with E-state index in [-0.39, 0.29) is 12.5 Å². The van der Waals surface area contributed by atoms with Gasteiger partial charge < -0.3 is 10.4 Å². The summed E-state index contributed by atoms with van der Waals surface area (Å²) >= 11 is 4.81. The van der Waals surface area contributed by atoms with Gasteiger partial charge in [-0.2, -0.15) is 0 Å². The summed E-state index contributed by atoms with van der Waals surface area (Å²) in [4.78, 5) is 11.8. The highest BCUT2D eigenvalue weighted by Crippen LogP contribution is 2.20. The van der Waals surface area contributed by atoms with Crippen molar-refractivity contribution in [3.05, 3.63) is 56.2 Å². The molecule has 0 spiro atoms. The maximum Gasteiger partial charge on any atom is 0.252 e. The van der Waals surface area contributed by atoms with Crippen LogP contribution in [-0.2, 0) is 13.2 Å². The Balaban J connectivity index is 1.97. The van der Waals surface area contributed by atoms with E-state index in [0.29, 0.717) is 12.1 Å². The van der Waals surface area contributed by atoms with Crippen molar-refractivity contribution >= 4 is 33.2 Å². The van der Waals surface area contributed by atoms with Crippen LogP contribution < -0.4 is 5.32 Å². The van der Waals surface area contributed by atoms with Gasteiger partial charge >= 0.3 is 0 Å². The number of nitrogens with one attached hydrogen (secondary N) is 1.